The summed E-state index contributed by atoms with van der Waals surface area (Å²) in [6, 6.07) is 9.01. The molecule has 0 radical (unpaired) electrons. The Balaban J connectivity index is 1.51. The van der Waals surface area contributed by atoms with Gasteiger partial charge in [0, 0.05) is 32.7 Å². The number of furan rings is 1. The second-order valence-electron chi connectivity index (χ2n) is 7.06. The lowest BCUT2D eigenvalue weighted by atomic mass is 10.1. The average Bonchev–Trinajstić information content (AvgIpc) is 3.45. The molecule has 6 nitrogen and oxygen atoms in total. The lowest BCUT2D eigenvalue weighted by Gasteiger charge is -2.34. The van der Waals surface area contributed by atoms with E-state index < -0.39 is 0 Å². The zero-order valence-corrected chi connectivity index (χ0v) is 18.0. The van der Waals surface area contributed by atoms with E-state index in [1.165, 1.54) is 5.00 Å². The van der Waals surface area contributed by atoms with Gasteiger partial charge < -0.3 is 20.0 Å². The number of aliphatic imine (C=N–C) groups is 1. The van der Waals surface area contributed by atoms with E-state index in [2.05, 4.69) is 62.9 Å². The lowest BCUT2D eigenvalue weighted by Crippen LogP contribution is -2.50. The number of nitrogens with zero attached hydrogens (tertiary/aromatic N) is 3. The number of piperidine rings is 1. The van der Waals surface area contributed by atoms with Crippen molar-refractivity contribution in [2.24, 2.45) is 4.99 Å². The SMILES string of the molecule is CCN(CC)C(CNC(=NC)NC1CCN(c2cccs2)CC1)c1ccco1. The molecule has 0 saturated carbocycles. The number of rotatable bonds is 8. The summed E-state index contributed by atoms with van der Waals surface area (Å²) in [5.74, 6) is 1.87. The van der Waals surface area contributed by atoms with Crippen LogP contribution in [-0.2, 0) is 0 Å². The Morgan fingerprint density at radius 2 is 2.07 bits per heavy atom. The van der Waals surface area contributed by atoms with Gasteiger partial charge in [0.15, 0.2) is 5.96 Å². The van der Waals surface area contributed by atoms with E-state index in [0.717, 1.165) is 57.3 Å². The minimum Gasteiger partial charge on any atom is -0.468 e. The molecule has 1 aliphatic heterocycles. The summed E-state index contributed by atoms with van der Waals surface area (Å²) in [5.41, 5.74) is 0. The Kier molecular flexibility index (Phi) is 7.80. The molecule has 0 bridgehead atoms. The van der Waals surface area contributed by atoms with Crippen molar-refractivity contribution in [2.45, 2.75) is 38.8 Å². The highest BCUT2D eigenvalue weighted by Gasteiger charge is 2.23. The Bertz CT molecular complexity index is 688. The number of likely N-dealkylation sites (N-methyl/N-ethyl adjacent to an activating group) is 1. The molecule has 2 aromatic rings. The van der Waals surface area contributed by atoms with Gasteiger partial charge in [-0.05, 0) is 55.6 Å². The van der Waals surface area contributed by atoms with Crippen molar-refractivity contribution in [3.63, 3.8) is 0 Å². The molecule has 3 heterocycles. The number of hydrogen-bond acceptors (Lipinski definition) is 5. The summed E-state index contributed by atoms with van der Waals surface area (Å²) < 4.78 is 5.70. The highest BCUT2D eigenvalue weighted by Crippen LogP contribution is 2.25. The molecule has 1 aliphatic rings. The van der Waals surface area contributed by atoms with E-state index >= 15 is 0 Å². The number of anilines is 1. The third-order valence-corrected chi connectivity index (χ3v) is 6.39. The van der Waals surface area contributed by atoms with Gasteiger partial charge in [-0.3, -0.25) is 9.89 Å². The monoisotopic (exact) mass is 403 g/mol. The quantitative estimate of drug-likeness (QED) is 0.521. The van der Waals surface area contributed by atoms with Gasteiger partial charge in [-0.15, -0.1) is 11.3 Å². The first-order valence-corrected chi connectivity index (χ1v) is 11.2. The van der Waals surface area contributed by atoms with Crippen molar-refractivity contribution >= 4 is 22.3 Å². The fraction of sp³-hybridized carbons (Fsp3) is 0.571. The zero-order valence-electron chi connectivity index (χ0n) is 17.2. The van der Waals surface area contributed by atoms with Crippen molar-refractivity contribution < 1.29 is 4.42 Å². The minimum absolute atomic E-state index is 0.198. The summed E-state index contributed by atoms with van der Waals surface area (Å²) in [5, 5.41) is 10.7. The Morgan fingerprint density at radius 1 is 1.29 bits per heavy atom. The third-order valence-electron chi connectivity index (χ3n) is 5.46. The molecule has 0 aliphatic carbocycles. The van der Waals surface area contributed by atoms with Crippen LogP contribution in [0.25, 0.3) is 0 Å². The topological polar surface area (TPSA) is 56.0 Å². The van der Waals surface area contributed by atoms with Crippen molar-refractivity contribution in [1.29, 1.82) is 0 Å². The largest absolute Gasteiger partial charge is 0.468 e. The molecule has 3 rings (SSSR count). The molecule has 0 amide bonds. The van der Waals surface area contributed by atoms with Gasteiger partial charge in [0.2, 0.25) is 0 Å². The highest BCUT2D eigenvalue weighted by atomic mass is 32.1. The normalized spacial score (nSPS) is 17.1. The number of hydrogen-bond donors (Lipinski definition) is 2. The molecule has 1 atom stereocenters. The average molecular weight is 404 g/mol. The van der Waals surface area contributed by atoms with Gasteiger partial charge in [0.05, 0.1) is 17.3 Å². The summed E-state index contributed by atoms with van der Waals surface area (Å²) in [7, 11) is 1.84. The predicted octanol–water partition coefficient (Wildman–Crippen LogP) is 3.56. The first-order chi connectivity index (χ1) is 13.7. The number of nitrogens with one attached hydrogen (secondary N) is 2. The standard InChI is InChI=1S/C21H33N5OS/c1-4-25(5-2)18(19-8-6-14-27-19)16-23-21(22-3)24-17-10-12-26(13-11-17)20-9-7-15-28-20/h6-9,14-15,17-18H,4-5,10-13,16H2,1-3H3,(H2,22,23,24). The van der Waals surface area contributed by atoms with Gasteiger partial charge in [0.1, 0.15) is 5.76 Å². The fourth-order valence-electron chi connectivity index (χ4n) is 3.83. The zero-order chi connectivity index (χ0) is 19.8. The molecule has 2 aromatic heterocycles. The molecule has 1 fully saturated rings. The maximum Gasteiger partial charge on any atom is 0.191 e. The smallest absolute Gasteiger partial charge is 0.191 e. The Labute approximate surface area is 172 Å². The van der Waals surface area contributed by atoms with Crippen LogP contribution in [0.4, 0.5) is 5.00 Å². The maximum absolute atomic E-state index is 5.70. The predicted molar refractivity (Wildman–Crippen MR) is 118 cm³/mol. The van der Waals surface area contributed by atoms with Gasteiger partial charge in [-0.2, -0.15) is 0 Å². The van der Waals surface area contributed by atoms with Crippen LogP contribution in [0.3, 0.4) is 0 Å². The molecule has 0 spiro atoms. The van der Waals surface area contributed by atoms with Gasteiger partial charge >= 0.3 is 0 Å². The van der Waals surface area contributed by atoms with Crippen LogP contribution in [0, 0.1) is 0 Å². The van der Waals surface area contributed by atoms with Gasteiger partial charge in [-0.1, -0.05) is 13.8 Å². The van der Waals surface area contributed by atoms with Crippen LogP contribution in [0.15, 0.2) is 45.3 Å². The molecule has 28 heavy (non-hydrogen) atoms. The van der Waals surface area contributed by atoms with Crippen LogP contribution in [0.2, 0.25) is 0 Å². The number of thiophene rings is 1. The van der Waals surface area contributed by atoms with Gasteiger partial charge in [-0.25, -0.2) is 0 Å². The molecule has 7 heteroatoms. The highest BCUT2D eigenvalue weighted by molar-refractivity contribution is 7.14. The van der Waals surface area contributed by atoms with E-state index in [1.807, 2.05) is 24.5 Å². The summed E-state index contributed by atoms with van der Waals surface area (Å²) in [4.78, 5) is 9.33. The summed E-state index contributed by atoms with van der Waals surface area (Å²) in [6.45, 7) is 9.28. The molecular weight excluding hydrogens is 370 g/mol. The van der Waals surface area contributed by atoms with E-state index in [-0.39, 0.29) is 6.04 Å². The van der Waals surface area contributed by atoms with E-state index in [1.54, 1.807) is 6.26 Å². The first-order valence-electron chi connectivity index (χ1n) is 10.3. The second kappa shape index (κ2) is 10.5. The summed E-state index contributed by atoms with van der Waals surface area (Å²) >= 11 is 1.82. The molecule has 0 aromatic carbocycles. The van der Waals surface area contributed by atoms with Crippen molar-refractivity contribution in [3.8, 4) is 0 Å². The number of guanidine groups is 1. The van der Waals surface area contributed by atoms with Crippen molar-refractivity contribution in [3.05, 3.63) is 41.7 Å². The molecule has 2 N–H and O–H groups in total. The maximum atomic E-state index is 5.70. The van der Waals surface area contributed by atoms with Crippen molar-refractivity contribution in [2.75, 3.05) is 44.7 Å². The lowest BCUT2D eigenvalue weighted by molar-refractivity contribution is 0.193. The second-order valence-corrected chi connectivity index (χ2v) is 7.99. The Hall–Kier alpha value is -1.99. The van der Waals surface area contributed by atoms with E-state index in [0.29, 0.717) is 6.04 Å². The molecular formula is C21H33N5OS. The van der Waals surface area contributed by atoms with Crippen molar-refractivity contribution in [1.82, 2.24) is 15.5 Å². The molecule has 1 saturated heterocycles. The Morgan fingerprint density at radius 3 is 2.64 bits per heavy atom. The molecule has 1 unspecified atom stereocenters. The van der Waals surface area contributed by atoms with Gasteiger partial charge in [0.25, 0.3) is 0 Å². The summed E-state index contributed by atoms with van der Waals surface area (Å²) in [6.07, 6.45) is 3.99. The van der Waals surface area contributed by atoms with Crippen LogP contribution >= 0.6 is 11.3 Å². The third kappa shape index (κ3) is 5.29. The van der Waals surface area contributed by atoms with Crippen LogP contribution < -0.4 is 15.5 Å². The van der Waals surface area contributed by atoms with Crippen LogP contribution in [-0.4, -0.2) is 56.7 Å². The fourth-order valence-corrected chi connectivity index (χ4v) is 4.62. The first kappa shape index (κ1) is 20.7. The van der Waals surface area contributed by atoms with E-state index in [4.69, 9.17) is 4.42 Å². The molecule has 154 valence electrons. The van der Waals surface area contributed by atoms with Crippen LogP contribution in [0.1, 0.15) is 38.5 Å². The van der Waals surface area contributed by atoms with E-state index in [9.17, 15) is 0 Å². The van der Waals surface area contributed by atoms with Crippen LogP contribution in [0.5, 0.6) is 0 Å². The minimum atomic E-state index is 0.198.